The van der Waals surface area contributed by atoms with E-state index in [0.29, 0.717) is 5.25 Å². The first-order valence-corrected chi connectivity index (χ1v) is 5.36. The number of aliphatic hydroxyl groups is 1. The van der Waals surface area contributed by atoms with Crippen molar-refractivity contribution in [3.05, 3.63) is 18.5 Å². The maximum atomic E-state index is 9.57. The molecule has 0 aliphatic heterocycles. The normalized spacial score (nSPS) is 27.8. The van der Waals surface area contributed by atoms with Crippen LogP contribution in [0.3, 0.4) is 0 Å². The second-order valence-electron chi connectivity index (χ2n) is 3.19. The molecule has 1 N–H and O–H groups in total. The first-order chi connectivity index (χ1) is 6.36. The van der Waals surface area contributed by atoms with Crippen molar-refractivity contribution >= 4 is 11.8 Å². The molecule has 0 bridgehead atoms. The van der Waals surface area contributed by atoms with Crippen LogP contribution in [0.25, 0.3) is 0 Å². The zero-order valence-electron chi connectivity index (χ0n) is 7.26. The molecule has 1 saturated carbocycles. The van der Waals surface area contributed by atoms with Gasteiger partial charge in [0.1, 0.15) is 0 Å². The molecule has 1 heterocycles. The van der Waals surface area contributed by atoms with E-state index in [2.05, 4.69) is 9.97 Å². The summed E-state index contributed by atoms with van der Waals surface area (Å²) < 4.78 is 0. The number of hydrogen-bond acceptors (Lipinski definition) is 4. The lowest BCUT2D eigenvalue weighted by atomic mass is 10.3. The van der Waals surface area contributed by atoms with E-state index < -0.39 is 0 Å². The second kappa shape index (κ2) is 4.07. The summed E-state index contributed by atoms with van der Waals surface area (Å²) in [6.45, 7) is 0. The number of thioether (sulfide) groups is 1. The summed E-state index contributed by atoms with van der Waals surface area (Å²) in [5, 5.41) is 10.6. The smallest absolute Gasteiger partial charge is 0.187 e. The van der Waals surface area contributed by atoms with Crippen molar-refractivity contribution in [1.29, 1.82) is 0 Å². The Hall–Kier alpha value is -0.610. The van der Waals surface area contributed by atoms with E-state index in [1.807, 2.05) is 0 Å². The molecule has 0 saturated heterocycles. The van der Waals surface area contributed by atoms with Gasteiger partial charge in [0.25, 0.3) is 0 Å². The molecule has 2 atom stereocenters. The Balaban J connectivity index is 1.98. The molecule has 13 heavy (non-hydrogen) atoms. The van der Waals surface area contributed by atoms with E-state index in [1.165, 1.54) is 0 Å². The van der Waals surface area contributed by atoms with Crippen LogP contribution >= 0.6 is 11.8 Å². The molecule has 1 aliphatic carbocycles. The van der Waals surface area contributed by atoms with Crippen LogP contribution in [0.15, 0.2) is 23.6 Å². The van der Waals surface area contributed by atoms with Gasteiger partial charge in [-0.05, 0) is 25.3 Å². The second-order valence-corrected chi connectivity index (χ2v) is 4.39. The quantitative estimate of drug-likeness (QED) is 0.728. The number of nitrogens with zero attached hydrogens (tertiary/aromatic N) is 2. The largest absolute Gasteiger partial charge is 0.392 e. The average molecular weight is 196 g/mol. The Morgan fingerprint density at radius 3 is 2.69 bits per heavy atom. The van der Waals surface area contributed by atoms with Gasteiger partial charge in [-0.3, -0.25) is 0 Å². The molecule has 0 amide bonds. The number of aliphatic hydroxyl groups excluding tert-OH is 1. The van der Waals surface area contributed by atoms with Crippen LogP contribution in [0.2, 0.25) is 0 Å². The number of hydrogen-bond donors (Lipinski definition) is 1. The maximum Gasteiger partial charge on any atom is 0.187 e. The molecule has 1 aliphatic rings. The minimum Gasteiger partial charge on any atom is -0.392 e. The van der Waals surface area contributed by atoms with Crippen molar-refractivity contribution in [1.82, 2.24) is 9.97 Å². The Kier molecular flexibility index (Phi) is 2.80. The highest BCUT2D eigenvalue weighted by Crippen LogP contribution is 2.32. The van der Waals surface area contributed by atoms with Crippen molar-refractivity contribution in [2.45, 2.75) is 35.8 Å². The molecule has 4 heteroatoms. The molecular formula is C9H12N2OS. The highest BCUT2D eigenvalue weighted by molar-refractivity contribution is 7.99. The van der Waals surface area contributed by atoms with Crippen LogP contribution < -0.4 is 0 Å². The molecule has 0 radical (unpaired) electrons. The Labute approximate surface area is 81.6 Å². The molecule has 1 fully saturated rings. The van der Waals surface area contributed by atoms with Crippen LogP contribution in [-0.2, 0) is 0 Å². The van der Waals surface area contributed by atoms with Gasteiger partial charge in [0.15, 0.2) is 5.16 Å². The molecule has 70 valence electrons. The zero-order valence-corrected chi connectivity index (χ0v) is 8.07. The van der Waals surface area contributed by atoms with Crippen LogP contribution in [0, 0.1) is 0 Å². The van der Waals surface area contributed by atoms with E-state index >= 15 is 0 Å². The monoisotopic (exact) mass is 196 g/mol. The van der Waals surface area contributed by atoms with E-state index in [4.69, 9.17) is 0 Å². The topological polar surface area (TPSA) is 46.0 Å². The van der Waals surface area contributed by atoms with Crippen LogP contribution in [-0.4, -0.2) is 26.4 Å². The van der Waals surface area contributed by atoms with Crippen molar-refractivity contribution in [3.8, 4) is 0 Å². The van der Waals surface area contributed by atoms with E-state index in [-0.39, 0.29) is 6.10 Å². The van der Waals surface area contributed by atoms with Crippen LogP contribution in [0.5, 0.6) is 0 Å². The van der Waals surface area contributed by atoms with Gasteiger partial charge in [0.2, 0.25) is 0 Å². The molecule has 2 rings (SSSR count). The summed E-state index contributed by atoms with van der Waals surface area (Å²) in [6.07, 6.45) is 6.40. The predicted molar refractivity (Wildman–Crippen MR) is 51.5 cm³/mol. The maximum absolute atomic E-state index is 9.57. The summed E-state index contributed by atoms with van der Waals surface area (Å²) in [5.74, 6) is 0. The van der Waals surface area contributed by atoms with Crippen molar-refractivity contribution < 1.29 is 5.11 Å². The third-order valence-electron chi connectivity index (χ3n) is 2.22. The Morgan fingerprint density at radius 2 is 2.08 bits per heavy atom. The molecule has 1 aromatic heterocycles. The van der Waals surface area contributed by atoms with Gasteiger partial charge >= 0.3 is 0 Å². The summed E-state index contributed by atoms with van der Waals surface area (Å²) in [5.41, 5.74) is 0. The fourth-order valence-corrected chi connectivity index (χ4v) is 2.62. The van der Waals surface area contributed by atoms with Gasteiger partial charge in [-0.15, -0.1) is 0 Å². The summed E-state index contributed by atoms with van der Waals surface area (Å²) in [6, 6.07) is 1.80. The van der Waals surface area contributed by atoms with Crippen molar-refractivity contribution in [3.63, 3.8) is 0 Å². The predicted octanol–water partition coefficient (Wildman–Crippen LogP) is 1.48. The van der Waals surface area contributed by atoms with Crippen molar-refractivity contribution in [2.24, 2.45) is 0 Å². The van der Waals surface area contributed by atoms with Gasteiger partial charge in [-0.1, -0.05) is 11.8 Å². The average Bonchev–Trinajstić information content (AvgIpc) is 2.54. The van der Waals surface area contributed by atoms with Gasteiger partial charge in [-0.25, -0.2) is 9.97 Å². The summed E-state index contributed by atoms with van der Waals surface area (Å²) >= 11 is 1.59. The molecule has 0 aromatic carbocycles. The molecule has 1 aromatic rings. The molecule has 0 unspecified atom stereocenters. The SMILES string of the molecule is O[C@@H]1CCC[C@H]1Sc1ncccn1. The van der Waals surface area contributed by atoms with Crippen molar-refractivity contribution in [2.75, 3.05) is 0 Å². The highest BCUT2D eigenvalue weighted by atomic mass is 32.2. The first kappa shape index (κ1) is 8.97. The summed E-state index contributed by atoms with van der Waals surface area (Å²) in [4.78, 5) is 8.23. The fraction of sp³-hybridized carbons (Fsp3) is 0.556. The lowest BCUT2D eigenvalue weighted by Crippen LogP contribution is -2.15. The minimum atomic E-state index is -0.172. The van der Waals surface area contributed by atoms with Gasteiger partial charge in [0, 0.05) is 17.6 Å². The lowest BCUT2D eigenvalue weighted by Gasteiger charge is -2.11. The standard InChI is InChI=1S/C9H12N2OS/c12-7-3-1-4-8(7)13-9-10-5-2-6-11-9/h2,5-8,12H,1,3-4H2/t7-,8-/m1/s1. The third kappa shape index (κ3) is 2.19. The zero-order chi connectivity index (χ0) is 9.10. The lowest BCUT2D eigenvalue weighted by molar-refractivity contribution is 0.188. The van der Waals surface area contributed by atoms with E-state index in [0.717, 1.165) is 24.4 Å². The van der Waals surface area contributed by atoms with Gasteiger partial charge in [-0.2, -0.15) is 0 Å². The number of aromatic nitrogens is 2. The third-order valence-corrected chi connectivity index (χ3v) is 3.49. The van der Waals surface area contributed by atoms with Crippen LogP contribution in [0.4, 0.5) is 0 Å². The Bertz CT molecular complexity index is 268. The van der Waals surface area contributed by atoms with E-state index in [9.17, 15) is 5.11 Å². The molecule has 3 nitrogen and oxygen atoms in total. The number of rotatable bonds is 2. The molecular weight excluding hydrogens is 184 g/mol. The molecule has 0 spiro atoms. The first-order valence-electron chi connectivity index (χ1n) is 4.48. The van der Waals surface area contributed by atoms with Gasteiger partial charge in [0.05, 0.1) is 6.10 Å². The highest BCUT2D eigenvalue weighted by Gasteiger charge is 2.26. The fourth-order valence-electron chi connectivity index (χ4n) is 1.53. The van der Waals surface area contributed by atoms with Gasteiger partial charge < -0.3 is 5.11 Å². The van der Waals surface area contributed by atoms with Crippen LogP contribution in [0.1, 0.15) is 19.3 Å². The summed E-state index contributed by atoms with van der Waals surface area (Å²) in [7, 11) is 0. The minimum absolute atomic E-state index is 0.172. The van der Waals surface area contributed by atoms with E-state index in [1.54, 1.807) is 30.2 Å². The Morgan fingerprint density at radius 1 is 1.31 bits per heavy atom.